The molecule has 1 aromatic rings. The number of carbonyl (C=O) groups excluding carboxylic acids is 1. The second-order valence-electron chi connectivity index (χ2n) is 4.17. The summed E-state index contributed by atoms with van der Waals surface area (Å²) in [7, 11) is 0. The van der Waals surface area contributed by atoms with Gasteiger partial charge < -0.3 is 9.87 Å². The molecule has 0 aliphatic carbocycles. The first-order valence-electron chi connectivity index (χ1n) is 5.45. The topological polar surface area (TPSA) is 66.4 Å². The number of amides is 1. The highest BCUT2D eigenvalue weighted by molar-refractivity contribution is 7.81. The number of thiophene rings is 1. The van der Waals surface area contributed by atoms with Crippen molar-refractivity contribution in [1.82, 2.24) is 5.32 Å². The molecule has 0 aliphatic rings. The molecule has 0 aliphatic heterocycles. The lowest BCUT2D eigenvalue weighted by Gasteiger charge is -2.05. The summed E-state index contributed by atoms with van der Waals surface area (Å²) in [6.45, 7) is 4.58. The summed E-state index contributed by atoms with van der Waals surface area (Å²) in [5.41, 5.74) is 0. The van der Waals surface area contributed by atoms with Crippen molar-refractivity contribution in [2.24, 2.45) is 5.92 Å². The van der Waals surface area contributed by atoms with Crippen molar-refractivity contribution >= 4 is 28.3 Å². The molecule has 1 amide bonds. The van der Waals surface area contributed by atoms with Gasteiger partial charge in [0, 0.05) is 17.8 Å². The minimum Gasteiger partial charge on any atom is -0.356 e. The van der Waals surface area contributed by atoms with E-state index in [9.17, 15) is 9.00 Å². The van der Waals surface area contributed by atoms with Gasteiger partial charge in [-0.05, 0) is 24.5 Å². The summed E-state index contributed by atoms with van der Waals surface area (Å²) in [4.78, 5) is 12.4. The van der Waals surface area contributed by atoms with Crippen LogP contribution in [-0.2, 0) is 22.3 Å². The van der Waals surface area contributed by atoms with Crippen LogP contribution in [0.2, 0.25) is 0 Å². The Kier molecular flexibility index (Phi) is 5.80. The van der Waals surface area contributed by atoms with Crippen LogP contribution in [0.5, 0.6) is 0 Å². The first kappa shape index (κ1) is 14.3. The third-order valence-electron chi connectivity index (χ3n) is 2.10. The molecule has 1 heterocycles. The van der Waals surface area contributed by atoms with Crippen LogP contribution in [0, 0.1) is 5.92 Å². The molecule has 0 radical (unpaired) electrons. The van der Waals surface area contributed by atoms with Gasteiger partial charge in [-0.3, -0.25) is 4.79 Å². The molecule has 0 aromatic carbocycles. The van der Waals surface area contributed by atoms with Gasteiger partial charge in [-0.15, -0.1) is 11.3 Å². The zero-order valence-corrected chi connectivity index (χ0v) is 11.6. The van der Waals surface area contributed by atoms with E-state index in [1.165, 1.54) is 11.3 Å². The standard InChI is InChI=1S/C11H17NO3S2/c1-8(2)7-10(13)12-6-5-9-3-4-11(16-9)17(14)15/h3-4,8H,5-7H2,1-2H3,(H,12,13)(H,14,15). The Morgan fingerprint density at radius 3 is 2.76 bits per heavy atom. The van der Waals surface area contributed by atoms with Gasteiger partial charge in [-0.25, -0.2) is 4.21 Å². The summed E-state index contributed by atoms with van der Waals surface area (Å²) in [6, 6.07) is 3.47. The molecular formula is C11H17NO3S2. The van der Waals surface area contributed by atoms with Gasteiger partial charge in [0.1, 0.15) is 4.21 Å². The van der Waals surface area contributed by atoms with E-state index in [0.29, 0.717) is 29.5 Å². The quantitative estimate of drug-likeness (QED) is 0.781. The van der Waals surface area contributed by atoms with Gasteiger partial charge in [0.25, 0.3) is 0 Å². The molecule has 0 spiro atoms. The first-order chi connectivity index (χ1) is 7.99. The van der Waals surface area contributed by atoms with Crippen LogP contribution in [0.15, 0.2) is 16.3 Å². The van der Waals surface area contributed by atoms with E-state index in [4.69, 9.17) is 4.55 Å². The van der Waals surface area contributed by atoms with Crippen LogP contribution in [0.1, 0.15) is 25.1 Å². The molecule has 1 aromatic heterocycles. The van der Waals surface area contributed by atoms with Crippen molar-refractivity contribution in [2.75, 3.05) is 6.54 Å². The summed E-state index contributed by atoms with van der Waals surface area (Å²) >= 11 is -0.594. The fraction of sp³-hybridized carbons (Fsp3) is 0.545. The van der Waals surface area contributed by atoms with Crippen LogP contribution < -0.4 is 5.32 Å². The zero-order chi connectivity index (χ0) is 12.8. The fourth-order valence-electron chi connectivity index (χ4n) is 1.35. The molecule has 1 unspecified atom stereocenters. The van der Waals surface area contributed by atoms with E-state index in [0.717, 1.165) is 4.88 Å². The predicted molar refractivity (Wildman–Crippen MR) is 69.5 cm³/mol. The van der Waals surface area contributed by atoms with Crippen molar-refractivity contribution in [2.45, 2.75) is 30.9 Å². The smallest absolute Gasteiger partial charge is 0.220 e. The highest BCUT2D eigenvalue weighted by atomic mass is 32.2. The Morgan fingerprint density at radius 2 is 2.24 bits per heavy atom. The molecule has 2 N–H and O–H groups in total. The lowest BCUT2D eigenvalue weighted by atomic mass is 10.1. The number of carbonyl (C=O) groups is 1. The molecule has 0 saturated carbocycles. The van der Waals surface area contributed by atoms with Gasteiger partial charge >= 0.3 is 0 Å². The second-order valence-corrected chi connectivity index (χ2v) is 6.53. The third-order valence-corrected chi connectivity index (χ3v) is 4.19. The molecule has 96 valence electrons. The summed E-state index contributed by atoms with van der Waals surface area (Å²) < 4.78 is 20.1. The van der Waals surface area contributed by atoms with Crippen LogP contribution in [-0.4, -0.2) is 21.2 Å². The Morgan fingerprint density at radius 1 is 1.53 bits per heavy atom. The lowest BCUT2D eigenvalue weighted by molar-refractivity contribution is -0.121. The molecule has 0 saturated heterocycles. The largest absolute Gasteiger partial charge is 0.356 e. The minimum atomic E-state index is -1.90. The molecule has 1 atom stereocenters. The molecule has 4 nitrogen and oxygen atoms in total. The van der Waals surface area contributed by atoms with Crippen molar-refractivity contribution in [1.29, 1.82) is 0 Å². The molecule has 6 heteroatoms. The first-order valence-corrected chi connectivity index (χ1v) is 7.37. The van der Waals surface area contributed by atoms with Gasteiger partial charge in [-0.1, -0.05) is 13.8 Å². The number of rotatable bonds is 6. The Balaban J connectivity index is 2.31. The van der Waals surface area contributed by atoms with Crippen molar-refractivity contribution in [3.05, 3.63) is 17.0 Å². The Labute approximate surface area is 108 Å². The Hall–Kier alpha value is -0.720. The van der Waals surface area contributed by atoms with E-state index in [2.05, 4.69) is 5.32 Å². The SMILES string of the molecule is CC(C)CC(=O)NCCc1ccc(S(=O)O)s1. The normalized spacial score (nSPS) is 12.7. The fourth-order valence-corrected chi connectivity index (χ4v) is 2.88. The van der Waals surface area contributed by atoms with E-state index < -0.39 is 11.1 Å². The van der Waals surface area contributed by atoms with E-state index in [1.54, 1.807) is 6.07 Å². The Bertz CT molecular complexity index is 401. The van der Waals surface area contributed by atoms with Crippen LogP contribution >= 0.6 is 11.3 Å². The maximum absolute atomic E-state index is 11.4. The maximum atomic E-state index is 11.4. The average molecular weight is 275 g/mol. The number of nitrogens with one attached hydrogen (secondary N) is 1. The zero-order valence-electron chi connectivity index (χ0n) is 9.93. The molecule has 0 fully saturated rings. The molecule has 1 rings (SSSR count). The van der Waals surface area contributed by atoms with Gasteiger partial charge in [0.05, 0.1) is 0 Å². The lowest BCUT2D eigenvalue weighted by Crippen LogP contribution is -2.26. The average Bonchev–Trinajstić information content (AvgIpc) is 2.65. The molecular weight excluding hydrogens is 258 g/mol. The third kappa shape index (κ3) is 5.43. The highest BCUT2D eigenvalue weighted by Crippen LogP contribution is 2.19. The minimum absolute atomic E-state index is 0.0579. The highest BCUT2D eigenvalue weighted by Gasteiger charge is 2.06. The predicted octanol–water partition coefficient (Wildman–Crippen LogP) is 2.03. The van der Waals surface area contributed by atoms with E-state index in [-0.39, 0.29) is 5.91 Å². The van der Waals surface area contributed by atoms with Crippen LogP contribution in [0.4, 0.5) is 0 Å². The van der Waals surface area contributed by atoms with E-state index in [1.807, 2.05) is 19.9 Å². The number of hydrogen-bond acceptors (Lipinski definition) is 3. The van der Waals surface area contributed by atoms with Crippen LogP contribution in [0.3, 0.4) is 0 Å². The van der Waals surface area contributed by atoms with Crippen molar-refractivity contribution < 1.29 is 13.6 Å². The molecule has 17 heavy (non-hydrogen) atoms. The van der Waals surface area contributed by atoms with Crippen molar-refractivity contribution in [3.8, 4) is 0 Å². The van der Waals surface area contributed by atoms with Gasteiger partial charge in [-0.2, -0.15) is 0 Å². The maximum Gasteiger partial charge on any atom is 0.220 e. The van der Waals surface area contributed by atoms with Gasteiger partial charge in [0.2, 0.25) is 5.91 Å². The summed E-state index contributed by atoms with van der Waals surface area (Å²) in [5, 5.41) is 2.83. The summed E-state index contributed by atoms with van der Waals surface area (Å²) in [5.74, 6) is 0.419. The van der Waals surface area contributed by atoms with Crippen molar-refractivity contribution in [3.63, 3.8) is 0 Å². The second kappa shape index (κ2) is 6.88. The van der Waals surface area contributed by atoms with E-state index >= 15 is 0 Å². The van der Waals surface area contributed by atoms with Crippen LogP contribution in [0.25, 0.3) is 0 Å². The monoisotopic (exact) mass is 275 g/mol. The number of hydrogen-bond donors (Lipinski definition) is 2. The van der Waals surface area contributed by atoms with Gasteiger partial charge in [0.15, 0.2) is 11.1 Å². The summed E-state index contributed by atoms with van der Waals surface area (Å²) in [6.07, 6.45) is 1.24. The molecule has 0 bridgehead atoms.